The number of nitrogens with one attached hydrogen (secondary N) is 2. The number of hydrogen-bond donors (Lipinski definition) is 2. The third-order valence-corrected chi connectivity index (χ3v) is 8.38. The Morgan fingerprint density at radius 3 is 2.71 bits per heavy atom. The van der Waals surface area contributed by atoms with Crippen molar-refractivity contribution in [1.82, 2.24) is 20.3 Å². The highest BCUT2D eigenvalue weighted by Crippen LogP contribution is 2.61. The highest BCUT2D eigenvalue weighted by atomic mass is 79.9. The summed E-state index contributed by atoms with van der Waals surface area (Å²) in [4.78, 5) is 25.1. The molecule has 5 rings (SSSR count). The molecule has 3 aliphatic rings. The number of aryl methyl sites for hydroxylation is 2. The molecule has 0 aliphatic heterocycles. The summed E-state index contributed by atoms with van der Waals surface area (Å²) in [5, 5.41) is 14.4. The van der Waals surface area contributed by atoms with Crippen molar-refractivity contribution in [3.63, 3.8) is 0 Å². The van der Waals surface area contributed by atoms with E-state index in [4.69, 9.17) is 4.52 Å². The second-order valence-corrected chi connectivity index (χ2v) is 10.4. The zero-order valence-corrected chi connectivity index (χ0v) is 20.2. The number of fused-ring (bicyclic) bond motifs is 2. The van der Waals surface area contributed by atoms with Gasteiger partial charge in [-0.05, 0) is 65.8 Å². The Labute approximate surface area is 190 Å². The Bertz CT molecular complexity index is 1040. The zero-order chi connectivity index (χ0) is 22.5. The third kappa shape index (κ3) is 3.92. The SMILES string of the molecule is Cc1noc(C)c1CNC(=O)Cn1ncc(N[C@@H]2C[C@@H]3C[C@H]([C@H]2C)C3(C)C)c(Br)c1=O. The fourth-order valence-electron chi connectivity index (χ4n) is 5.35. The van der Waals surface area contributed by atoms with Crippen molar-refractivity contribution in [2.24, 2.45) is 23.2 Å². The Morgan fingerprint density at radius 1 is 1.35 bits per heavy atom. The van der Waals surface area contributed by atoms with Gasteiger partial charge in [0.15, 0.2) is 0 Å². The molecule has 2 heterocycles. The maximum Gasteiger partial charge on any atom is 0.283 e. The molecule has 0 saturated heterocycles. The number of carbonyl (C=O) groups excluding carboxylic acids is 1. The van der Waals surface area contributed by atoms with Gasteiger partial charge in [-0.2, -0.15) is 5.10 Å². The number of halogens is 1. The monoisotopic (exact) mass is 491 g/mol. The highest BCUT2D eigenvalue weighted by Gasteiger charge is 2.56. The maximum atomic E-state index is 12.8. The summed E-state index contributed by atoms with van der Waals surface area (Å²) in [5.74, 6) is 2.33. The molecule has 9 heteroatoms. The van der Waals surface area contributed by atoms with E-state index in [9.17, 15) is 9.59 Å². The predicted octanol–water partition coefficient (Wildman–Crippen LogP) is 3.41. The van der Waals surface area contributed by atoms with Crippen molar-refractivity contribution in [2.75, 3.05) is 5.32 Å². The summed E-state index contributed by atoms with van der Waals surface area (Å²) in [6.07, 6.45) is 4.03. The standard InChI is InChI=1S/C22H30BrN5O3/c1-11-16-6-14(22(16,4)5)7-17(11)26-18-9-25-28(21(30)20(18)23)10-19(29)24-8-15-12(2)27-31-13(15)3/h9,11,14,16-17,26H,6-8,10H2,1-5H3,(H,24,29)/t11-,14+,16-,17-/m1/s1. The number of rotatable bonds is 6. The van der Waals surface area contributed by atoms with E-state index in [-0.39, 0.29) is 18.0 Å². The molecular formula is C22H30BrN5O3. The van der Waals surface area contributed by atoms with Gasteiger partial charge >= 0.3 is 0 Å². The lowest BCUT2D eigenvalue weighted by Crippen LogP contribution is -2.58. The quantitative estimate of drug-likeness (QED) is 0.641. The second kappa shape index (κ2) is 8.07. The summed E-state index contributed by atoms with van der Waals surface area (Å²) in [6.45, 7) is 10.8. The summed E-state index contributed by atoms with van der Waals surface area (Å²) in [7, 11) is 0. The van der Waals surface area contributed by atoms with Gasteiger partial charge in [-0.1, -0.05) is 25.9 Å². The first-order valence-corrected chi connectivity index (χ1v) is 11.6. The van der Waals surface area contributed by atoms with E-state index in [1.54, 1.807) is 13.1 Å². The summed E-state index contributed by atoms with van der Waals surface area (Å²) in [6, 6.07) is 0.323. The summed E-state index contributed by atoms with van der Waals surface area (Å²) < 4.78 is 6.68. The van der Waals surface area contributed by atoms with Gasteiger partial charge in [-0.25, -0.2) is 4.68 Å². The van der Waals surface area contributed by atoms with E-state index in [2.05, 4.69) is 57.6 Å². The van der Waals surface area contributed by atoms with Crippen LogP contribution in [0.15, 0.2) is 20.0 Å². The number of hydrogen-bond acceptors (Lipinski definition) is 6. The first-order valence-electron chi connectivity index (χ1n) is 10.8. The minimum atomic E-state index is -0.327. The Balaban J connectivity index is 1.40. The molecule has 0 spiro atoms. The highest BCUT2D eigenvalue weighted by molar-refractivity contribution is 9.10. The smallest absolute Gasteiger partial charge is 0.283 e. The largest absolute Gasteiger partial charge is 0.380 e. The number of nitrogens with zero attached hydrogens (tertiary/aromatic N) is 3. The van der Waals surface area contributed by atoms with E-state index in [0.29, 0.717) is 45.8 Å². The maximum absolute atomic E-state index is 12.8. The van der Waals surface area contributed by atoms with Gasteiger partial charge in [0.25, 0.3) is 5.56 Å². The van der Waals surface area contributed by atoms with Crippen molar-refractivity contribution in [3.8, 4) is 0 Å². The number of amides is 1. The van der Waals surface area contributed by atoms with Crippen LogP contribution in [0.1, 0.15) is 50.6 Å². The number of carbonyl (C=O) groups is 1. The van der Waals surface area contributed by atoms with E-state index >= 15 is 0 Å². The molecule has 31 heavy (non-hydrogen) atoms. The normalized spacial score (nSPS) is 26.3. The molecule has 3 aliphatic carbocycles. The van der Waals surface area contributed by atoms with Gasteiger partial charge in [0.05, 0.1) is 17.6 Å². The van der Waals surface area contributed by atoms with E-state index in [1.807, 2.05) is 6.92 Å². The van der Waals surface area contributed by atoms with E-state index in [1.165, 1.54) is 11.1 Å². The van der Waals surface area contributed by atoms with Crippen molar-refractivity contribution in [2.45, 2.75) is 66.6 Å². The van der Waals surface area contributed by atoms with Crippen LogP contribution < -0.4 is 16.2 Å². The molecule has 2 bridgehead atoms. The van der Waals surface area contributed by atoms with Crippen molar-refractivity contribution in [3.05, 3.63) is 38.0 Å². The predicted molar refractivity (Wildman–Crippen MR) is 121 cm³/mol. The number of aromatic nitrogens is 3. The first kappa shape index (κ1) is 22.0. The van der Waals surface area contributed by atoms with Crippen LogP contribution in [0.25, 0.3) is 0 Å². The molecular weight excluding hydrogens is 462 g/mol. The molecule has 4 atom stereocenters. The van der Waals surface area contributed by atoms with Crippen LogP contribution >= 0.6 is 15.9 Å². The van der Waals surface area contributed by atoms with Gasteiger partial charge in [0.1, 0.15) is 16.8 Å². The van der Waals surface area contributed by atoms with Crippen LogP contribution in [0.3, 0.4) is 0 Å². The molecule has 0 unspecified atom stereocenters. The molecule has 8 nitrogen and oxygen atoms in total. The fraction of sp³-hybridized carbons (Fsp3) is 0.636. The Kier molecular flexibility index (Phi) is 5.74. The van der Waals surface area contributed by atoms with E-state index < -0.39 is 0 Å². The fourth-order valence-corrected chi connectivity index (χ4v) is 5.77. The molecule has 2 aromatic rings. The van der Waals surface area contributed by atoms with Crippen LogP contribution in [0.5, 0.6) is 0 Å². The van der Waals surface area contributed by atoms with Gasteiger partial charge in [-0.3, -0.25) is 9.59 Å². The lowest BCUT2D eigenvalue weighted by molar-refractivity contribution is -0.122. The molecule has 0 aromatic carbocycles. The van der Waals surface area contributed by atoms with Gasteiger partial charge < -0.3 is 15.2 Å². The van der Waals surface area contributed by atoms with Crippen LogP contribution in [0.2, 0.25) is 0 Å². The molecule has 1 amide bonds. The minimum Gasteiger partial charge on any atom is -0.380 e. The van der Waals surface area contributed by atoms with Crippen LogP contribution in [-0.2, 0) is 17.9 Å². The molecule has 3 saturated carbocycles. The van der Waals surface area contributed by atoms with Crippen molar-refractivity contribution >= 4 is 27.5 Å². The molecule has 2 aromatic heterocycles. The van der Waals surface area contributed by atoms with Crippen LogP contribution in [0.4, 0.5) is 5.69 Å². The minimum absolute atomic E-state index is 0.154. The third-order valence-electron chi connectivity index (χ3n) is 7.62. The molecule has 2 N–H and O–H groups in total. The Morgan fingerprint density at radius 2 is 2.10 bits per heavy atom. The summed E-state index contributed by atoms with van der Waals surface area (Å²) >= 11 is 3.42. The van der Waals surface area contributed by atoms with E-state index in [0.717, 1.165) is 23.6 Å². The first-order chi connectivity index (χ1) is 14.6. The lowest BCUT2D eigenvalue weighted by atomic mass is 9.45. The average Bonchev–Trinajstić information content (AvgIpc) is 3.04. The van der Waals surface area contributed by atoms with Crippen LogP contribution in [0, 0.1) is 37.0 Å². The second-order valence-electron chi connectivity index (χ2n) is 9.62. The molecule has 168 valence electrons. The van der Waals surface area contributed by atoms with Gasteiger partial charge in [0.2, 0.25) is 5.91 Å². The molecule has 0 radical (unpaired) electrons. The lowest BCUT2D eigenvalue weighted by Gasteiger charge is -2.62. The summed E-state index contributed by atoms with van der Waals surface area (Å²) in [5.41, 5.74) is 2.36. The van der Waals surface area contributed by atoms with Crippen molar-refractivity contribution in [1.29, 1.82) is 0 Å². The average molecular weight is 492 g/mol. The van der Waals surface area contributed by atoms with Crippen LogP contribution in [-0.4, -0.2) is 26.9 Å². The zero-order valence-electron chi connectivity index (χ0n) is 18.7. The Hall–Kier alpha value is -2.16. The van der Waals surface area contributed by atoms with Gasteiger partial charge in [0, 0.05) is 18.2 Å². The topological polar surface area (TPSA) is 102 Å². The molecule has 3 fully saturated rings. The van der Waals surface area contributed by atoms with Crippen molar-refractivity contribution < 1.29 is 9.32 Å². The number of anilines is 1. The van der Waals surface area contributed by atoms with Gasteiger partial charge in [-0.15, -0.1) is 0 Å².